The Hall–Kier alpha value is -1.32. The van der Waals surface area contributed by atoms with Gasteiger partial charge >= 0.3 is 0 Å². The molecule has 0 amide bonds. The quantitative estimate of drug-likeness (QED) is 0.753. The Morgan fingerprint density at radius 3 is 2.58 bits per heavy atom. The van der Waals surface area contributed by atoms with Crippen molar-refractivity contribution in [3.8, 4) is 0 Å². The number of nitrogens with zero attached hydrogens (tertiary/aromatic N) is 2. The first-order valence-corrected chi connectivity index (χ1v) is 7.57. The molecule has 0 radical (unpaired) electrons. The first-order chi connectivity index (χ1) is 9.25. The molecule has 4 heteroatoms. The van der Waals surface area contributed by atoms with E-state index in [0.717, 1.165) is 42.6 Å². The Labute approximate surface area is 116 Å². The lowest BCUT2D eigenvalue weighted by Crippen LogP contribution is -2.20. The van der Waals surface area contributed by atoms with Gasteiger partial charge in [-0.25, -0.2) is 9.97 Å². The van der Waals surface area contributed by atoms with Gasteiger partial charge in [-0.2, -0.15) is 0 Å². The SMILES string of the molecule is CCCc1nc(NC)cc(NC(CC)CC2CC2)n1. The molecular weight excluding hydrogens is 236 g/mol. The summed E-state index contributed by atoms with van der Waals surface area (Å²) in [5, 5.41) is 6.70. The third kappa shape index (κ3) is 4.37. The van der Waals surface area contributed by atoms with Gasteiger partial charge in [-0.15, -0.1) is 0 Å². The summed E-state index contributed by atoms with van der Waals surface area (Å²) in [7, 11) is 1.91. The highest BCUT2D eigenvalue weighted by Crippen LogP contribution is 2.34. The monoisotopic (exact) mass is 262 g/mol. The molecule has 0 spiro atoms. The van der Waals surface area contributed by atoms with E-state index in [1.165, 1.54) is 19.3 Å². The van der Waals surface area contributed by atoms with Gasteiger partial charge in [-0.3, -0.25) is 0 Å². The van der Waals surface area contributed by atoms with E-state index >= 15 is 0 Å². The molecule has 1 heterocycles. The number of aromatic nitrogens is 2. The van der Waals surface area contributed by atoms with E-state index in [4.69, 9.17) is 0 Å². The highest BCUT2D eigenvalue weighted by molar-refractivity contribution is 5.47. The van der Waals surface area contributed by atoms with Crippen LogP contribution in [-0.4, -0.2) is 23.1 Å². The van der Waals surface area contributed by atoms with Crippen molar-refractivity contribution in [1.29, 1.82) is 0 Å². The van der Waals surface area contributed by atoms with Gasteiger partial charge in [0.25, 0.3) is 0 Å². The lowest BCUT2D eigenvalue weighted by Gasteiger charge is -2.18. The molecule has 1 saturated carbocycles. The van der Waals surface area contributed by atoms with Crippen LogP contribution in [0.15, 0.2) is 6.07 Å². The van der Waals surface area contributed by atoms with Crippen LogP contribution < -0.4 is 10.6 Å². The largest absolute Gasteiger partial charge is 0.373 e. The van der Waals surface area contributed by atoms with Crippen molar-refractivity contribution in [3.63, 3.8) is 0 Å². The summed E-state index contributed by atoms with van der Waals surface area (Å²) in [6.07, 6.45) is 7.25. The van der Waals surface area contributed by atoms with E-state index in [1.807, 2.05) is 13.1 Å². The Morgan fingerprint density at radius 2 is 2.00 bits per heavy atom. The van der Waals surface area contributed by atoms with Crippen molar-refractivity contribution in [2.45, 2.75) is 58.4 Å². The summed E-state index contributed by atoms with van der Waals surface area (Å²) in [4.78, 5) is 9.11. The van der Waals surface area contributed by atoms with Crippen molar-refractivity contribution in [2.24, 2.45) is 5.92 Å². The number of rotatable bonds is 8. The van der Waals surface area contributed by atoms with Crippen molar-refractivity contribution in [2.75, 3.05) is 17.7 Å². The molecule has 0 aromatic carbocycles. The normalized spacial score (nSPS) is 16.2. The fraction of sp³-hybridized carbons (Fsp3) is 0.733. The molecule has 1 aliphatic rings. The van der Waals surface area contributed by atoms with Crippen LogP contribution in [0, 0.1) is 5.92 Å². The molecule has 1 atom stereocenters. The minimum absolute atomic E-state index is 0.543. The van der Waals surface area contributed by atoms with E-state index in [2.05, 4.69) is 34.4 Å². The van der Waals surface area contributed by atoms with E-state index < -0.39 is 0 Å². The van der Waals surface area contributed by atoms with Crippen LogP contribution >= 0.6 is 0 Å². The van der Waals surface area contributed by atoms with Gasteiger partial charge < -0.3 is 10.6 Å². The summed E-state index contributed by atoms with van der Waals surface area (Å²) in [6.45, 7) is 4.40. The molecule has 2 N–H and O–H groups in total. The van der Waals surface area contributed by atoms with Crippen LogP contribution in [0.25, 0.3) is 0 Å². The molecular formula is C15H26N4. The number of nitrogens with one attached hydrogen (secondary N) is 2. The summed E-state index contributed by atoms with van der Waals surface area (Å²) in [5.74, 6) is 3.74. The third-order valence-electron chi connectivity index (χ3n) is 3.66. The first-order valence-electron chi connectivity index (χ1n) is 7.57. The van der Waals surface area contributed by atoms with Crippen molar-refractivity contribution in [3.05, 3.63) is 11.9 Å². The molecule has 1 fully saturated rings. The van der Waals surface area contributed by atoms with E-state index in [-0.39, 0.29) is 0 Å². The van der Waals surface area contributed by atoms with Crippen LogP contribution in [0.3, 0.4) is 0 Å². The van der Waals surface area contributed by atoms with Gasteiger partial charge in [0.15, 0.2) is 0 Å². The standard InChI is InChI=1S/C15H26N4/c1-4-6-13-18-14(16-3)10-15(19-13)17-12(5-2)9-11-7-8-11/h10-12H,4-9H2,1-3H3,(H2,16,17,18,19). The van der Waals surface area contributed by atoms with Gasteiger partial charge in [0.2, 0.25) is 0 Å². The smallest absolute Gasteiger partial charge is 0.133 e. The Kier molecular flexibility index (Phi) is 5.00. The van der Waals surface area contributed by atoms with Gasteiger partial charge in [0.1, 0.15) is 17.5 Å². The van der Waals surface area contributed by atoms with E-state index in [0.29, 0.717) is 6.04 Å². The van der Waals surface area contributed by atoms with Crippen molar-refractivity contribution >= 4 is 11.6 Å². The van der Waals surface area contributed by atoms with Crippen LogP contribution in [-0.2, 0) is 6.42 Å². The summed E-state index contributed by atoms with van der Waals surface area (Å²) in [5.41, 5.74) is 0. The molecule has 106 valence electrons. The van der Waals surface area contributed by atoms with Crippen molar-refractivity contribution in [1.82, 2.24) is 9.97 Å². The maximum absolute atomic E-state index is 4.62. The number of hydrogen-bond acceptors (Lipinski definition) is 4. The molecule has 2 rings (SSSR count). The fourth-order valence-corrected chi connectivity index (χ4v) is 2.33. The van der Waals surface area contributed by atoms with Crippen LogP contribution in [0.5, 0.6) is 0 Å². The van der Waals surface area contributed by atoms with Crippen molar-refractivity contribution < 1.29 is 0 Å². The zero-order chi connectivity index (χ0) is 13.7. The second-order valence-electron chi connectivity index (χ2n) is 5.48. The number of hydrogen-bond donors (Lipinski definition) is 2. The van der Waals surface area contributed by atoms with Gasteiger partial charge in [0, 0.05) is 25.6 Å². The summed E-state index contributed by atoms with van der Waals surface area (Å²) in [6, 6.07) is 2.55. The molecule has 1 aliphatic carbocycles. The Morgan fingerprint density at radius 1 is 1.26 bits per heavy atom. The molecule has 1 unspecified atom stereocenters. The van der Waals surface area contributed by atoms with E-state index in [9.17, 15) is 0 Å². The lowest BCUT2D eigenvalue weighted by molar-refractivity contribution is 0.584. The molecule has 4 nitrogen and oxygen atoms in total. The molecule has 0 saturated heterocycles. The molecule has 19 heavy (non-hydrogen) atoms. The van der Waals surface area contributed by atoms with Gasteiger partial charge in [0.05, 0.1) is 0 Å². The minimum Gasteiger partial charge on any atom is -0.373 e. The Balaban J connectivity index is 2.05. The maximum Gasteiger partial charge on any atom is 0.133 e. The second-order valence-corrected chi connectivity index (χ2v) is 5.48. The predicted molar refractivity (Wildman–Crippen MR) is 80.6 cm³/mol. The molecule has 1 aromatic heterocycles. The topological polar surface area (TPSA) is 49.8 Å². The van der Waals surface area contributed by atoms with Crippen LogP contribution in [0.4, 0.5) is 11.6 Å². The second kappa shape index (κ2) is 6.73. The Bertz CT molecular complexity index is 401. The third-order valence-corrected chi connectivity index (χ3v) is 3.66. The van der Waals surface area contributed by atoms with E-state index in [1.54, 1.807) is 0 Å². The first kappa shape index (κ1) is 14.1. The maximum atomic E-state index is 4.62. The fourth-order valence-electron chi connectivity index (χ4n) is 2.33. The average molecular weight is 262 g/mol. The number of anilines is 2. The zero-order valence-electron chi connectivity index (χ0n) is 12.4. The minimum atomic E-state index is 0.543. The highest BCUT2D eigenvalue weighted by Gasteiger charge is 2.24. The highest BCUT2D eigenvalue weighted by atomic mass is 15.1. The zero-order valence-corrected chi connectivity index (χ0v) is 12.4. The summed E-state index contributed by atoms with van der Waals surface area (Å²) < 4.78 is 0. The average Bonchev–Trinajstić information content (AvgIpc) is 3.22. The molecule has 0 bridgehead atoms. The predicted octanol–water partition coefficient (Wildman–Crippen LogP) is 3.46. The number of aryl methyl sites for hydroxylation is 1. The summed E-state index contributed by atoms with van der Waals surface area (Å²) >= 11 is 0. The lowest BCUT2D eigenvalue weighted by atomic mass is 10.1. The van der Waals surface area contributed by atoms with Gasteiger partial charge in [-0.05, 0) is 25.2 Å². The van der Waals surface area contributed by atoms with Gasteiger partial charge in [-0.1, -0.05) is 26.7 Å². The van der Waals surface area contributed by atoms with Crippen LogP contribution in [0.1, 0.15) is 51.8 Å². The van der Waals surface area contributed by atoms with Crippen LogP contribution in [0.2, 0.25) is 0 Å². The molecule has 0 aliphatic heterocycles. The molecule has 1 aromatic rings.